The van der Waals surface area contributed by atoms with Crippen molar-refractivity contribution < 1.29 is 4.39 Å². The average Bonchev–Trinajstić information content (AvgIpc) is 3.52. The fourth-order valence-corrected chi connectivity index (χ4v) is 5.27. The standard InChI is InChI=1S/C25H26FN5S/c1-15-8-7-9-18-20(15)29-30-22(18)24-28-21(16(2)31-12-5-6-13-31)23(32-24)17-10-11-19(27-14-17)25(3,4)26/h7-11,14H,2,5-6,12-13H2,1,3-4H3,(H,29,30). The van der Waals surface area contributed by atoms with Gasteiger partial charge in [-0.2, -0.15) is 5.10 Å². The number of hydrogen-bond acceptors (Lipinski definition) is 5. The molecule has 1 aliphatic rings. The Morgan fingerprint density at radius 1 is 1.19 bits per heavy atom. The van der Waals surface area contributed by atoms with E-state index in [1.54, 1.807) is 23.6 Å². The molecule has 4 heterocycles. The molecule has 4 aromatic rings. The number of aryl methyl sites for hydroxylation is 1. The molecule has 0 aliphatic carbocycles. The van der Waals surface area contributed by atoms with E-state index < -0.39 is 5.67 Å². The van der Waals surface area contributed by atoms with Crippen LogP contribution in [0.5, 0.6) is 0 Å². The van der Waals surface area contributed by atoms with Crippen LogP contribution in [0.3, 0.4) is 0 Å². The van der Waals surface area contributed by atoms with E-state index in [0.717, 1.165) is 74.9 Å². The first-order valence-corrected chi connectivity index (χ1v) is 11.7. The SMILES string of the molecule is C=C(c1nc(-c2[nH]nc3c(C)cccc23)sc1-c1ccc(C(C)(C)F)nc1)N1CCCC1. The molecule has 0 radical (unpaired) electrons. The predicted molar refractivity (Wildman–Crippen MR) is 129 cm³/mol. The summed E-state index contributed by atoms with van der Waals surface area (Å²) in [5.41, 5.74) is 4.62. The van der Waals surface area contributed by atoms with Gasteiger partial charge in [0.1, 0.15) is 22.1 Å². The zero-order valence-electron chi connectivity index (χ0n) is 18.6. The molecule has 5 rings (SSSR count). The Bertz CT molecular complexity index is 1290. The lowest BCUT2D eigenvalue weighted by atomic mass is 10.1. The molecule has 0 amide bonds. The van der Waals surface area contributed by atoms with E-state index in [-0.39, 0.29) is 0 Å². The Kier molecular flexibility index (Phi) is 5.08. The molecule has 32 heavy (non-hydrogen) atoms. The number of halogens is 1. The Morgan fingerprint density at radius 3 is 2.66 bits per heavy atom. The first kappa shape index (κ1) is 20.8. The number of H-pyrrole nitrogens is 1. The molecular formula is C25H26FN5S. The van der Waals surface area contributed by atoms with Gasteiger partial charge in [0, 0.05) is 30.2 Å². The summed E-state index contributed by atoms with van der Waals surface area (Å²) < 4.78 is 14.3. The van der Waals surface area contributed by atoms with Gasteiger partial charge in [-0.1, -0.05) is 24.8 Å². The minimum Gasteiger partial charge on any atom is -0.370 e. The second-order valence-electron chi connectivity index (χ2n) is 8.81. The molecule has 0 saturated carbocycles. The highest BCUT2D eigenvalue weighted by Gasteiger charge is 2.25. The number of para-hydroxylation sites is 1. The number of hydrogen-bond donors (Lipinski definition) is 1. The summed E-state index contributed by atoms with van der Waals surface area (Å²) in [5.74, 6) is 0. The Morgan fingerprint density at radius 2 is 1.97 bits per heavy atom. The Hall–Kier alpha value is -3.06. The highest BCUT2D eigenvalue weighted by atomic mass is 32.1. The van der Waals surface area contributed by atoms with Gasteiger partial charge in [0.15, 0.2) is 0 Å². The molecule has 5 nitrogen and oxygen atoms in total. The van der Waals surface area contributed by atoms with Gasteiger partial charge >= 0.3 is 0 Å². The molecule has 0 atom stereocenters. The lowest BCUT2D eigenvalue weighted by Crippen LogP contribution is -2.17. The summed E-state index contributed by atoms with van der Waals surface area (Å²) >= 11 is 1.59. The molecule has 1 fully saturated rings. The number of thiazole rings is 1. The molecule has 0 bridgehead atoms. The van der Waals surface area contributed by atoms with Crippen molar-refractivity contribution in [3.8, 4) is 21.1 Å². The highest BCUT2D eigenvalue weighted by molar-refractivity contribution is 7.18. The molecular weight excluding hydrogens is 421 g/mol. The predicted octanol–water partition coefficient (Wildman–Crippen LogP) is 6.33. The second-order valence-corrected chi connectivity index (χ2v) is 9.81. The molecule has 1 N–H and O–H groups in total. The van der Waals surface area contributed by atoms with Gasteiger partial charge in [-0.05, 0) is 51.3 Å². The maximum absolute atomic E-state index is 14.3. The number of nitrogens with zero attached hydrogens (tertiary/aromatic N) is 4. The number of nitrogens with one attached hydrogen (secondary N) is 1. The van der Waals surface area contributed by atoms with E-state index in [0.29, 0.717) is 5.69 Å². The Labute approximate surface area is 191 Å². The first-order valence-electron chi connectivity index (χ1n) is 10.9. The zero-order valence-corrected chi connectivity index (χ0v) is 19.4. The van der Waals surface area contributed by atoms with Gasteiger partial charge in [-0.3, -0.25) is 10.1 Å². The van der Waals surface area contributed by atoms with E-state index in [1.807, 2.05) is 12.1 Å². The normalized spacial score (nSPS) is 14.4. The highest BCUT2D eigenvalue weighted by Crippen LogP contribution is 2.41. The third-order valence-electron chi connectivity index (χ3n) is 6.02. The largest absolute Gasteiger partial charge is 0.370 e. The fraction of sp³-hybridized carbons (Fsp3) is 0.320. The van der Waals surface area contributed by atoms with Crippen LogP contribution in [0.15, 0.2) is 43.1 Å². The average molecular weight is 448 g/mol. The third kappa shape index (κ3) is 3.60. The molecule has 1 aliphatic heterocycles. The lowest BCUT2D eigenvalue weighted by molar-refractivity contribution is 0.214. The summed E-state index contributed by atoms with van der Waals surface area (Å²) in [7, 11) is 0. The summed E-state index contributed by atoms with van der Waals surface area (Å²) in [4.78, 5) is 12.7. The van der Waals surface area contributed by atoms with Crippen molar-refractivity contribution in [2.24, 2.45) is 0 Å². The van der Waals surface area contributed by atoms with Gasteiger partial charge < -0.3 is 4.90 Å². The summed E-state index contributed by atoms with van der Waals surface area (Å²) in [5, 5.41) is 9.62. The number of pyridine rings is 1. The number of aromatic amines is 1. The molecule has 1 saturated heterocycles. The van der Waals surface area contributed by atoms with Crippen LogP contribution in [0, 0.1) is 6.92 Å². The van der Waals surface area contributed by atoms with Gasteiger partial charge in [-0.25, -0.2) is 9.37 Å². The maximum atomic E-state index is 14.3. The monoisotopic (exact) mass is 447 g/mol. The topological polar surface area (TPSA) is 57.7 Å². The minimum atomic E-state index is -1.48. The number of benzene rings is 1. The number of fused-ring (bicyclic) bond motifs is 1. The van der Waals surface area contributed by atoms with Crippen molar-refractivity contribution >= 4 is 27.9 Å². The number of rotatable bonds is 5. The fourth-order valence-electron chi connectivity index (χ4n) is 4.18. The van der Waals surface area contributed by atoms with Crippen LogP contribution < -0.4 is 0 Å². The van der Waals surface area contributed by atoms with Gasteiger partial charge in [-0.15, -0.1) is 11.3 Å². The number of aromatic nitrogens is 4. The van der Waals surface area contributed by atoms with Crippen LogP contribution in [-0.4, -0.2) is 38.2 Å². The smallest absolute Gasteiger partial charge is 0.147 e. The van der Waals surface area contributed by atoms with E-state index >= 15 is 0 Å². The molecule has 7 heteroatoms. The number of alkyl halides is 1. The summed E-state index contributed by atoms with van der Waals surface area (Å²) in [6, 6.07) is 9.84. The second kappa shape index (κ2) is 7.81. The van der Waals surface area contributed by atoms with E-state index in [1.165, 1.54) is 13.8 Å². The van der Waals surface area contributed by atoms with Crippen LogP contribution >= 0.6 is 11.3 Å². The first-order chi connectivity index (χ1) is 15.3. The van der Waals surface area contributed by atoms with E-state index in [9.17, 15) is 4.39 Å². The number of likely N-dealkylation sites (tertiary alicyclic amines) is 1. The third-order valence-corrected chi connectivity index (χ3v) is 7.15. The van der Waals surface area contributed by atoms with Crippen LogP contribution in [0.1, 0.15) is 43.6 Å². The van der Waals surface area contributed by atoms with E-state index in [4.69, 9.17) is 4.98 Å². The maximum Gasteiger partial charge on any atom is 0.147 e. The van der Waals surface area contributed by atoms with Crippen LogP contribution in [0.2, 0.25) is 0 Å². The van der Waals surface area contributed by atoms with Gasteiger partial charge in [0.05, 0.1) is 21.8 Å². The van der Waals surface area contributed by atoms with Crippen molar-refractivity contribution in [3.05, 3.63) is 60.1 Å². The van der Waals surface area contributed by atoms with Crippen molar-refractivity contribution in [1.29, 1.82) is 0 Å². The van der Waals surface area contributed by atoms with Gasteiger partial charge in [0.2, 0.25) is 0 Å². The summed E-state index contributed by atoms with van der Waals surface area (Å²) in [6.45, 7) is 11.5. The van der Waals surface area contributed by atoms with Crippen LogP contribution in [0.4, 0.5) is 4.39 Å². The van der Waals surface area contributed by atoms with Crippen molar-refractivity contribution in [2.75, 3.05) is 13.1 Å². The van der Waals surface area contributed by atoms with Gasteiger partial charge in [0.25, 0.3) is 0 Å². The lowest BCUT2D eigenvalue weighted by Gasteiger charge is -2.20. The summed E-state index contributed by atoms with van der Waals surface area (Å²) in [6.07, 6.45) is 4.07. The van der Waals surface area contributed by atoms with Crippen molar-refractivity contribution in [1.82, 2.24) is 25.1 Å². The molecule has 0 spiro atoms. The van der Waals surface area contributed by atoms with Crippen LogP contribution in [-0.2, 0) is 5.67 Å². The van der Waals surface area contributed by atoms with Crippen molar-refractivity contribution in [3.63, 3.8) is 0 Å². The molecule has 0 unspecified atom stereocenters. The molecule has 164 valence electrons. The quantitative estimate of drug-likeness (QED) is 0.388. The van der Waals surface area contributed by atoms with E-state index in [2.05, 4.69) is 45.7 Å². The zero-order chi connectivity index (χ0) is 22.5. The molecule has 3 aromatic heterocycles. The molecule has 1 aromatic carbocycles. The Balaban J connectivity index is 1.64. The van der Waals surface area contributed by atoms with Crippen LogP contribution in [0.25, 0.3) is 37.7 Å². The minimum absolute atomic E-state index is 0.418. The van der Waals surface area contributed by atoms with Crippen molar-refractivity contribution in [2.45, 2.75) is 39.3 Å².